The number of pyridine rings is 1. The highest BCUT2D eigenvalue weighted by Crippen LogP contribution is 2.25. The van der Waals surface area contributed by atoms with Crippen molar-refractivity contribution in [3.63, 3.8) is 0 Å². The van der Waals surface area contributed by atoms with Crippen molar-refractivity contribution >= 4 is 66.2 Å². The molecule has 0 bridgehead atoms. The molecule has 4 aliphatic heterocycles. The van der Waals surface area contributed by atoms with Crippen LogP contribution in [0.25, 0.3) is 29.4 Å². The number of hydrogen-bond acceptors (Lipinski definition) is 13. The minimum absolute atomic E-state index is 0.134. The van der Waals surface area contributed by atoms with E-state index >= 15 is 0 Å². The van der Waals surface area contributed by atoms with Crippen molar-refractivity contribution in [2.75, 3.05) is 26.4 Å². The minimum Gasteiger partial charge on any atom is -0.447 e. The maximum absolute atomic E-state index is 12.7. The lowest BCUT2D eigenvalue weighted by atomic mass is 10.0. The monoisotopic (exact) mass is 1270 g/mol. The number of carbonyl (C=O) groups is 8. The first-order valence-corrected chi connectivity index (χ1v) is 31.6. The number of benzene rings is 6. The van der Waals surface area contributed by atoms with Crippen LogP contribution in [0.5, 0.6) is 0 Å². The maximum Gasteiger partial charge on any atom is 0.417 e. The summed E-state index contributed by atoms with van der Waals surface area (Å²) in [6.07, 6.45) is 19.8. The number of aromatic nitrogens is 1. The first-order valence-electron chi connectivity index (χ1n) is 31.6. The van der Waals surface area contributed by atoms with Crippen molar-refractivity contribution in [3.05, 3.63) is 264 Å². The summed E-state index contributed by atoms with van der Waals surface area (Å²) >= 11 is 0. The summed E-state index contributed by atoms with van der Waals surface area (Å²) in [6.45, 7) is 9.11. The highest BCUT2D eigenvalue weighted by molar-refractivity contribution is 6.04. The van der Waals surface area contributed by atoms with Crippen molar-refractivity contribution in [2.45, 2.75) is 96.8 Å². The lowest BCUT2D eigenvalue weighted by Crippen LogP contribution is -2.40. The number of ether oxygens (including phenoxy) is 4. The highest BCUT2D eigenvalue weighted by Gasteiger charge is 2.40. The van der Waals surface area contributed by atoms with Gasteiger partial charge in [0.15, 0.2) is 0 Å². The molecule has 94 heavy (non-hydrogen) atoms. The zero-order chi connectivity index (χ0) is 66.6. The number of unbranched alkanes of at least 4 members (excludes halogenated alkanes) is 3. The van der Waals surface area contributed by atoms with Crippen molar-refractivity contribution in [1.82, 2.24) is 24.6 Å². The molecule has 1 aromatic heterocycles. The lowest BCUT2D eigenvalue weighted by molar-refractivity contribution is -0.125. The summed E-state index contributed by atoms with van der Waals surface area (Å²) in [5, 5.41) is 0. The Hall–Kier alpha value is -10.8. The predicted molar refractivity (Wildman–Crippen MR) is 361 cm³/mol. The third-order valence-electron chi connectivity index (χ3n) is 15.7. The Bertz CT molecular complexity index is 3750. The van der Waals surface area contributed by atoms with E-state index in [1.54, 1.807) is 36.7 Å². The molecule has 4 atom stereocenters. The standard InChI is InChI=1S/C25H21NO3.C20H19NO3.C18H16N2O3.C14H23NO3/c27-24(26-23(18-29-25(26)28)17-20-7-3-1-4-8-20)16-13-19-11-14-22(15-12-19)21-9-5-2-6-10-21;1-15-7-9-16(10-8-15)11-12-19(22)21-18(14-24-20(21)23)13-17-5-3-2-4-6-17;21-17(9-8-15-7-4-10-19-12-15)20-16(13-23-18(20)22)11-14-5-2-1-3-6-14;1-4-5-6-7-8-9-13(16)15-12(11(2)3)10-18-14(15)17/h1-16,23H,17-18H2;2-12,18H,13-14H2,1H3;1-10,12,16H,11,13H2;8-9,11-12H,4-7,10H2,1-3H3/b16-13+;12-11+;2*9-8+/t23-;18-;16-;12-/m0001/s1. The van der Waals surface area contributed by atoms with Crippen LogP contribution in [-0.2, 0) is 57.4 Å². The molecule has 17 nitrogen and oxygen atoms in total. The first kappa shape index (κ1) is 69.1. The summed E-state index contributed by atoms with van der Waals surface area (Å²) in [6, 6.07) is 57.8. The number of hydrogen-bond donors (Lipinski definition) is 0. The fourth-order valence-electron chi connectivity index (χ4n) is 10.6. The van der Waals surface area contributed by atoms with E-state index in [-0.39, 0.29) is 73.5 Å². The van der Waals surface area contributed by atoms with Gasteiger partial charge in [0.05, 0.1) is 24.2 Å². The van der Waals surface area contributed by atoms with Crippen LogP contribution in [0.1, 0.15) is 85.4 Å². The third-order valence-corrected chi connectivity index (χ3v) is 15.7. The van der Waals surface area contributed by atoms with Gasteiger partial charge in [-0.05, 0) is 120 Å². The van der Waals surface area contributed by atoms with Gasteiger partial charge in [0.25, 0.3) is 23.6 Å². The Morgan fingerprint density at radius 2 is 0.830 bits per heavy atom. The van der Waals surface area contributed by atoms with Crippen molar-refractivity contribution in [1.29, 1.82) is 0 Å². The van der Waals surface area contributed by atoms with Crippen LogP contribution in [0.3, 0.4) is 0 Å². The lowest BCUT2D eigenvalue weighted by Gasteiger charge is -2.20. The topological polar surface area (TPSA) is 199 Å². The molecule has 0 unspecified atom stereocenters. The van der Waals surface area contributed by atoms with Crippen LogP contribution in [0.4, 0.5) is 19.2 Å². The van der Waals surface area contributed by atoms with Gasteiger partial charge in [-0.1, -0.05) is 221 Å². The Morgan fingerprint density at radius 1 is 0.447 bits per heavy atom. The molecule has 0 saturated carbocycles. The molecule has 5 heterocycles. The fraction of sp³-hybridized carbons (Fsp3) is 0.260. The molecule has 7 aromatic rings. The van der Waals surface area contributed by atoms with Gasteiger partial charge in [0.1, 0.15) is 26.4 Å². The summed E-state index contributed by atoms with van der Waals surface area (Å²) in [5.74, 6) is -1.13. The smallest absolute Gasteiger partial charge is 0.417 e. The third kappa shape index (κ3) is 20.6. The zero-order valence-corrected chi connectivity index (χ0v) is 53.4. The van der Waals surface area contributed by atoms with Gasteiger partial charge >= 0.3 is 24.4 Å². The van der Waals surface area contributed by atoms with Crippen LogP contribution in [-0.4, -0.2) is 123 Å². The molecule has 4 saturated heterocycles. The Morgan fingerprint density at radius 3 is 1.24 bits per heavy atom. The van der Waals surface area contributed by atoms with Gasteiger partial charge in [0, 0.05) is 30.6 Å². The van der Waals surface area contributed by atoms with E-state index in [9.17, 15) is 38.4 Å². The van der Waals surface area contributed by atoms with Gasteiger partial charge in [-0.25, -0.2) is 38.8 Å². The summed E-state index contributed by atoms with van der Waals surface area (Å²) in [7, 11) is 0. The van der Waals surface area contributed by atoms with E-state index in [2.05, 4.69) is 24.0 Å². The highest BCUT2D eigenvalue weighted by atomic mass is 16.6. The molecule has 4 fully saturated rings. The van der Waals surface area contributed by atoms with Gasteiger partial charge < -0.3 is 18.9 Å². The Labute approximate surface area is 549 Å². The molecule has 6 aromatic carbocycles. The summed E-state index contributed by atoms with van der Waals surface area (Å²) in [4.78, 5) is 106. The molecule has 11 rings (SSSR count). The SMILES string of the molecule is CCCCC/C=C/C(=O)N1C(=O)OC[C@@H]1C(C)C.Cc1ccc(/C=C/C(=O)N2C(=O)OC[C@@H]2Cc2ccccc2)cc1.O=C(/C=C/c1ccc(-c2ccccc2)cc1)N1C(=O)OC[C@@H]1Cc1ccccc1.O=C(/C=C/c1cccnc1)N1C(=O)OC[C@@H]1Cc1ccccc1. The second kappa shape index (κ2) is 35.7. The van der Waals surface area contributed by atoms with Crippen LogP contribution >= 0.6 is 0 Å². The van der Waals surface area contributed by atoms with Crippen LogP contribution < -0.4 is 0 Å². The number of amides is 8. The van der Waals surface area contributed by atoms with Gasteiger partial charge in [-0.3, -0.25) is 24.2 Å². The van der Waals surface area contributed by atoms with E-state index in [1.807, 2.05) is 191 Å². The molecule has 0 aliphatic carbocycles. The number of cyclic esters (lactones) is 4. The number of rotatable bonds is 19. The van der Waals surface area contributed by atoms with E-state index in [0.717, 1.165) is 69.3 Å². The number of aryl methyl sites for hydroxylation is 1. The molecule has 17 heteroatoms. The van der Waals surface area contributed by atoms with E-state index < -0.39 is 24.4 Å². The van der Waals surface area contributed by atoms with E-state index in [1.165, 1.54) is 50.3 Å². The molecule has 8 amide bonds. The quantitative estimate of drug-likeness (QED) is 0.0421. The van der Waals surface area contributed by atoms with Gasteiger partial charge in [-0.2, -0.15) is 0 Å². The van der Waals surface area contributed by atoms with E-state index in [4.69, 9.17) is 18.9 Å². The van der Waals surface area contributed by atoms with Gasteiger partial charge in [0.2, 0.25) is 0 Å². The second-order valence-electron chi connectivity index (χ2n) is 23.1. The number of imide groups is 4. The van der Waals surface area contributed by atoms with Gasteiger partial charge in [-0.15, -0.1) is 0 Å². The fourth-order valence-corrected chi connectivity index (χ4v) is 10.6. The normalized spacial score (nSPS) is 17.5. The molecule has 0 spiro atoms. The average Bonchev–Trinajstić information content (AvgIpc) is 1.83. The zero-order valence-electron chi connectivity index (χ0n) is 53.4. The largest absolute Gasteiger partial charge is 0.447 e. The molecule has 0 radical (unpaired) electrons. The number of allylic oxidation sites excluding steroid dienone is 1. The predicted octanol–water partition coefficient (Wildman–Crippen LogP) is 14.4. The van der Waals surface area contributed by atoms with Crippen LogP contribution in [0.2, 0.25) is 0 Å². The van der Waals surface area contributed by atoms with Crippen molar-refractivity contribution < 1.29 is 57.3 Å². The Balaban J connectivity index is 0.000000163. The van der Waals surface area contributed by atoms with Crippen LogP contribution in [0.15, 0.2) is 225 Å². The molecular formula is C77H79N5O12. The van der Waals surface area contributed by atoms with Crippen molar-refractivity contribution in [3.8, 4) is 11.1 Å². The average molecular weight is 1270 g/mol. The molecule has 0 N–H and O–H groups in total. The van der Waals surface area contributed by atoms with Crippen LogP contribution in [0, 0.1) is 12.8 Å². The summed E-state index contributed by atoms with van der Waals surface area (Å²) < 4.78 is 20.2. The number of nitrogens with zero attached hydrogens (tertiary/aromatic N) is 5. The Kier molecular flexibility index (Phi) is 26.2. The molecule has 484 valence electrons. The first-order chi connectivity index (χ1) is 45.6. The van der Waals surface area contributed by atoms with Crippen molar-refractivity contribution in [2.24, 2.45) is 5.92 Å². The summed E-state index contributed by atoms with van der Waals surface area (Å²) in [5.41, 5.74) is 9.21. The molecule has 4 aliphatic rings. The minimum atomic E-state index is -0.591. The molecular weight excluding hydrogens is 1190 g/mol. The van der Waals surface area contributed by atoms with E-state index in [0.29, 0.717) is 25.9 Å². The second-order valence-corrected chi connectivity index (χ2v) is 23.1. The number of carbonyl (C=O) groups excluding carboxylic acids is 8. The maximum atomic E-state index is 12.7.